The zero-order chi connectivity index (χ0) is 22.9. The van der Waals surface area contributed by atoms with E-state index in [0.29, 0.717) is 24.2 Å². The minimum Gasteiger partial charge on any atom is -0.508 e. The molecule has 2 aromatic heterocycles. The van der Waals surface area contributed by atoms with Crippen LogP contribution < -0.4 is 0 Å². The van der Waals surface area contributed by atoms with Gasteiger partial charge in [0.25, 0.3) is 0 Å². The van der Waals surface area contributed by atoms with E-state index in [0.717, 1.165) is 33.8 Å². The maximum absolute atomic E-state index is 11.2. The number of phenolic OH excluding ortho intramolecular Hbond substituents is 2. The summed E-state index contributed by atoms with van der Waals surface area (Å²) < 4.78 is 1.75. The molecule has 0 spiro atoms. The summed E-state index contributed by atoms with van der Waals surface area (Å²) in [5.41, 5.74) is 6.26. The predicted octanol–water partition coefficient (Wildman–Crippen LogP) is 5.00. The van der Waals surface area contributed by atoms with Crippen molar-refractivity contribution in [1.29, 1.82) is 0 Å². The van der Waals surface area contributed by atoms with Crippen molar-refractivity contribution in [2.75, 3.05) is 0 Å². The Bertz CT molecular complexity index is 1420. The minimum atomic E-state index is 0.0762. The van der Waals surface area contributed by atoms with Crippen LogP contribution in [0.4, 0.5) is 0 Å². The van der Waals surface area contributed by atoms with Gasteiger partial charge in [-0.15, -0.1) is 0 Å². The number of aromatic nitrogens is 3. The maximum atomic E-state index is 11.2. The van der Waals surface area contributed by atoms with Crippen LogP contribution in [0.25, 0.3) is 16.9 Å². The van der Waals surface area contributed by atoms with Crippen LogP contribution >= 0.6 is 0 Å². The number of nitrogens with zero attached hydrogens (tertiary/aromatic N) is 3. The molecule has 2 heterocycles. The molecule has 6 nitrogen and oxygen atoms in total. The standard InChI is InChI=1S/C27H23N3O3/c1-17-25(20-9-13-22(32)14-10-20)28-23(15-18-5-3-2-4-6-18)26-29-24(27(33)30(17)26)16-19-7-11-21(31)12-8-19/h2-14,31-33H,15-16H2,1H3. The summed E-state index contributed by atoms with van der Waals surface area (Å²) >= 11 is 0. The number of hydrogen-bond donors (Lipinski definition) is 3. The van der Waals surface area contributed by atoms with E-state index < -0.39 is 0 Å². The van der Waals surface area contributed by atoms with E-state index in [4.69, 9.17) is 9.97 Å². The van der Waals surface area contributed by atoms with Crippen molar-refractivity contribution in [1.82, 2.24) is 14.4 Å². The van der Waals surface area contributed by atoms with E-state index in [-0.39, 0.29) is 17.4 Å². The zero-order valence-electron chi connectivity index (χ0n) is 18.1. The number of hydrogen-bond acceptors (Lipinski definition) is 5. The van der Waals surface area contributed by atoms with Crippen molar-refractivity contribution < 1.29 is 15.3 Å². The molecule has 0 aliphatic carbocycles. The van der Waals surface area contributed by atoms with Crippen molar-refractivity contribution in [2.45, 2.75) is 19.8 Å². The summed E-state index contributed by atoms with van der Waals surface area (Å²) in [6.45, 7) is 1.90. The quantitative estimate of drug-likeness (QED) is 0.360. The van der Waals surface area contributed by atoms with Gasteiger partial charge in [0.05, 0.1) is 17.1 Å². The summed E-state index contributed by atoms with van der Waals surface area (Å²) in [5.74, 6) is 0.456. The molecule has 5 aromatic rings. The van der Waals surface area contributed by atoms with Crippen LogP contribution in [0.1, 0.15) is 28.2 Å². The van der Waals surface area contributed by atoms with Crippen molar-refractivity contribution in [3.05, 3.63) is 107 Å². The summed E-state index contributed by atoms with van der Waals surface area (Å²) in [6.07, 6.45) is 0.983. The van der Waals surface area contributed by atoms with Gasteiger partial charge in [-0.2, -0.15) is 0 Å². The zero-order valence-corrected chi connectivity index (χ0v) is 18.1. The number of aryl methyl sites for hydroxylation is 1. The number of aromatic hydroxyl groups is 3. The molecule has 3 aromatic carbocycles. The second-order valence-electron chi connectivity index (χ2n) is 8.09. The molecule has 0 fully saturated rings. The lowest BCUT2D eigenvalue weighted by Gasteiger charge is -2.13. The lowest BCUT2D eigenvalue weighted by molar-refractivity contribution is 0.440. The Morgan fingerprint density at radius 1 is 0.667 bits per heavy atom. The van der Waals surface area contributed by atoms with Crippen molar-refractivity contribution >= 4 is 5.65 Å². The van der Waals surface area contributed by atoms with E-state index in [1.54, 1.807) is 28.7 Å². The fourth-order valence-corrected chi connectivity index (χ4v) is 4.07. The third-order valence-corrected chi connectivity index (χ3v) is 5.77. The van der Waals surface area contributed by atoms with E-state index in [1.165, 1.54) is 0 Å². The molecule has 33 heavy (non-hydrogen) atoms. The van der Waals surface area contributed by atoms with Gasteiger partial charge in [0.15, 0.2) is 5.65 Å². The van der Waals surface area contributed by atoms with Gasteiger partial charge in [-0.1, -0.05) is 42.5 Å². The molecule has 164 valence electrons. The Morgan fingerprint density at radius 3 is 1.91 bits per heavy atom. The van der Waals surface area contributed by atoms with Gasteiger partial charge in [-0.25, -0.2) is 9.97 Å². The van der Waals surface area contributed by atoms with Crippen LogP contribution in [-0.2, 0) is 12.8 Å². The molecule has 0 unspecified atom stereocenters. The Morgan fingerprint density at radius 2 is 1.24 bits per heavy atom. The van der Waals surface area contributed by atoms with Gasteiger partial charge in [0.2, 0.25) is 5.88 Å². The SMILES string of the molecule is Cc1c(-c2ccc(O)cc2)nc(Cc2ccccc2)c2nc(Cc3ccc(O)cc3)c(O)n12. The molecule has 0 saturated heterocycles. The summed E-state index contributed by atoms with van der Waals surface area (Å²) in [7, 11) is 0. The molecule has 0 atom stereocenters. The van der Waals surface area contributed by atoms with Gasteiger partial charge in [0.1, 0.15) is 17.2 Å². The summed E-state index contributed by atoms with van der Waals surface area (Å²) in [5, 5.41) is 30.5. The first-order valence-electron chi connectivity index (χ1n) is 10.7. The fraction of sp³-hybridized carbons (Fsp3) is 0.111. The fourth-order valence-electron chi connectivity index (χ4n) is 4.07. The largest absolute Gasteiger partial charge is 0.508 e. The second kappa shape index (κ2) is 8.31. The minimum absolute atomic E-state index is 0.0762. The van der Waals surface area contributed by atoms with Gasteiger partial charge in [-0.3, -0.25) is 4.40 Å². The first-order chi connectivity index (χ1) is 16.0. The van der Waals surface area contributed by atoms with Crippen LogP contribution in [0.2, 0.25) is 0 Å². The van der Waals surface area contributed by atoms with Gasteiger partial charge in [0, 0.05) is 18.4 Å². The third-order valence-electron chi connectivity index (χ3n) is 5.77. The molecule has 0 saturated carbocycles. The Hall–Kier alpha value is -4.32. The van der Waals surface area contributed by atoms with Crippen LogP contribution in [0.5, 0.6) is 17.4 Å². The van der Waals surface area contributed by atoms with Crippen molar-refractivity contribution in [2.24, 2.45) is 0 Å². The number of fused-ring (bicyclic) bond motifs is 1. The molecular formula is C27H23N3O3. The maximum Gasteiger partial charge on any atom is 0.219 e. The highest BCUT2D eigenvalue weighted by molar-refractivity contribution is 5.67. The van der Waals surface area contributed by atoms with Gasteiger partial charge >= 0.3 is 0 Å². The van der Waals surface area contributed by atoms with E-state index in [2.05, 4.69) is 0 Å². The number of imidazole rings is 1. The second-order valence-corrected chi connectivity index (χ2v) is 8.09. The summed E-state index contributed by atoms with van der Waals surface area (Å²) in [4.78, 5) is 9.74. The normalized spacial score (nSPS) is 11.2. The van der Waals surface area contributed by atoms with Gasteiger partial charge in [-0.05, 0) is 54.4 Å². The molecule has 5 rings (SSSR count). The average molecular weight is 437 g/mol. The highest BCUT2D eigenvalue weighted by atomic mass is 16.3. The molecule has 0 bridgehead atoms. The van der Waals surface area contributed by atoms with Crippen LogP contribution in [-0.4, -0.2) is 29.7 Å². The monoisotopic (exact) mass is 437 g/mol. The average Bonchev–Trinajstić information content (AvgIpc) is 3.15. The number of rotatable bonds is 5. The van der Waals surface area contributed by atoms with E-state index in [9.17, 15) is 15.3 Å². The highest BCUT2D eigenvalue weighted by Gasteiger charge is 2.21. The number of benzene rings is 3. The smallest absolute Gasteiger partial charge is 0.219 e. The predicted molar refractivity (Wildman–Crippen MR) is 127 cm³/mol. The molecule has 0 radical (unpaired) electrons. The van der Waals surface area contributed by atoms with Crippen LogP contribution in [0.3, 0.4) is 0 Å². The molecule has 0 aliphatic rings. The van der Waals surface area contributed by atoms with Crippen LogP contribution in [0.15, 0.2) is 78.9 Å². The third kappa shape index (κ3) is 3.99. The van der Waals surface area contributed by atoms with E-state index >= 15 is 0 Å². The lowest BCUT2D eigenvalue weighted by Crippen LogP contribution is -2.05. The molecule has 0 amide bonds. The first kappa shape index (κ1) is 20.6. The Balaban J connectivity index is 1.68. The topological polar surface area (TPSA) is 90.9 Å². The van der Waals surface area contributed by atoms with Gasteiger partial charge < -0.3 is 15.3 Å². The van der Waals surface area contributed by atoms with Crippen molar-refractivity contribution in [3.63, 3.8) is 0 Å². The first-order valence-corrected chi connectivity index (χ1v) is 10.7. The Labute approximate surface area is 191 Å². The molecule has 3 N–H and O–H groups in total. The Kier molecular flexibility index (Phi) is 5.18. The highest BCUT2D eigenvalue weighted by Crippen LogP contribution is 2.32. The number of phenols is 2. The van der Waals surface area contributed by atoms with Crippen molar-refractivity contribution in [3.8, 4) is 28.6 Å². The molecule has 0 aliphatic heterocycles. The summed E-state index contributed by atoms with van der Waals surface area (Å²) in [6, 6.07) is 23.8. The molecular weight excluding hydrogens is 414 g/mol. The van der Waals surface area contributed by atoms with E-state index in [1.807, 2.05) is 61.5 Å². The molecule has 6 heteroatoms. The lowest BCUT2D eigenvalue weighted by atomic mass is 10.1. The van der Waals surface area contributed by atoms with Crippen LogP contribution in [0, 0.1) is 6.92 Å².